The Bertz CT molecular complexity index is 1810. The summed E-state index contributed by atoms with van der Waals surface area (Å²) in [6.45, 7) is 1.77. The van der Waals surface area contributed by atoms with Crippen LogP contribution in [0.2, 0.25) is 0 Å². The molecule has 3 aromatic heterocycles. The lowest BCUT2D eigenvalue weighted by Crippen LogP contribution is -2.49. The molecule has 3 fully saturated rings. The Morgan fingerprint density at radius 2 is 1.90 bits per heavy atom. The number of carbonyl (C=O) groups excluding carboxylic acids is 2. The molecule has 0 bridgehead atoms. The molecule has 5 heterocycles. The Balaban J connectivity index is 1.03. The van der Waals surface area contributed by atoms with Crippen LogP contribution in [-0.4, -0.2) is 67.4 Å². The zero-order valence-corrected chi connectivity index (χ0v) is 27.0. The van der Waals surface area contributed by atoms with Crippen molar-refractivity contribution in [3.05, 3.63) is 78.4 Å². The average Bonchev–Trinajstić information content (AvgIpc) is 3.85. The molecule has 246 valence electrons. The first kappa shape index (κ1) is 31.1. The van der Waals surface area contributed by atoms with Crippen molar-refractivity contribution in [2.24, 2.45) is 7.05 Å². The van der Waals surface area contributed by atoms with Gasteiger partial charge in [-0.1, -0.05) is 30.3 Å². The number of aryl methyl sites for hydroxylation is 1. The molecule has 13 heteroatoms. The van der Waals surface area contributed by atoms with E-state index >= 15 is 0 Å². The maximum Gasteiger partial charge on any atom is 0.323 e. The molecule has 3 N–H and O–H groups in total. The molecule has 1 saturated carbocycles. The van der Waals surface area contributed by atoms with Crippen molar-refractivity contribution in [2.75, 3.05) is 28.2 Å². The van der Waals surface area contributed by atoms with E-state index in [-0.39, 0.29) is 29.6 Å². The number of hydrogen-bond acceptors (Lipinski definition) is 9. The van der Waals surface area contributed by atoms with Gasteiger partial charge in [-0.2, -0.15) is 15.3 Å². The number of nitrogens with zero attached hydrogens (tertiary/aromatic N) is 8. The molecule has 1 aromatic carbocycles. The summed E-state index contributed by atoms with van der Waals surface area (Å²) in [5, 5.41) is 23.8. The van der Waals surface area contributed by atoms with Gasteiger partial charge >= 0.3 is 6.03 Å². The second-order valence-electron chi connectivity index (χ2n) is 13.0. The van der Waals surface area contributed by atoms with Gasteiger partial charge in [0.2, 0.25) is 11.9 Å². The number of urea groups is 1. The maximum absolute atomic E-state index is 13.8. The van der Waals surface area contributed by atoms with E-state index in [4.69, 9.17) is 9.97 Å². The molecular formula is C35H39N11O2. The van der Waals surface area contributed by atoms with E-state index in [2.05, 4.69) is 37.0 Å². The number of aromatic nitrogens is 5. The monoisotopic (exact) mass is 645 g/mol. The number of amides is 3. The van der Waals surface area contributed by atoms with Crippen LogP contribution in [0, 0.1) is 11.3 Å². The lowest BCUT2D eigenvalue weighted by Gasteiger charge is -2.36. The van der Waals surface area contributed by atoms with E-state index in [0.717, 1.165) is 61.8 Å². The van der Waals surface area contributed by atoms with Crippen molar-refractivity contribution in [1.82, 2.24) is 35.4 Å². The first-order valence-electron chi connectivity index (χ1n) is 16.5. The minimum Gasteiger partial charge on any atom is -0.353 e. The van der Waals surface area contributed by atoms with Crippen LogP contribution < -0.4 is 25.8 Å². The minimum absolute atomic E-state index is 0.0459. The third kappa shape index (κ3) is 6.64. The van der Waals surface area contributed by atoms with Gasteiger partial charge in [-0.15, -0.1) is 0 Å². The number of anilines is 3. The Morgan fingerprint density at radius 1 is 1.06 bits per heavy atom. The van der Waals surface area contributed by atoms with Gasteiger partial charge in [-0.3, -0.25) is 14.4 Å². The minimum atomic E-state index is -0.242. The smallest absolute Gasteiger partial charge is 0.323 e. The number of nitriles is 1. The molecule has 2 saturated heterocycles. The normalized spacial score (nSPS) is 21.9. The number of benzene rings is 1. The van der Waals surface area contributed by atoms with Gasteiger partial charge in [0.05, 0.1) is 17.9 Å². The first-order chi connectivity index (χ1) is 23.4. The van der Waals surface area contributed by atoms with Gasteiger partial charge in [0.1, 0.15) is 17.5 Å². The molecule has 3 amide bonds. The Hall–Kier alpha value is -5.51. The molecule has 1 unspecified atom stereocenters. The van der Waals surface area contributed by atoms with Gasteiger partial charge in [0.15, 0.2) is 5.82 Å². The van der Waals surface area contributed by atoms with Gasteiger partial charge in [0.25, 0.3) is 0 Å². The summed E-state index contributed by atoms with van der Waals surface area (Å²) in [4.78, 5) is 43.6. The number of nitrogens with one attached hydrogen (secondary N) is 3. The molecule has 4 aromatic rings. The summed E-state index contributed by atoms with van der Waals surface area (Å²) in [5.74, 6) is 1.77. The summed E-state index contributed by atoms with van der Waals surface area (Å²) < 4.78 is 1.75. The molecule has 3 aliphatic rings. The fourth-order valence-corrected chi connectivity index (χ4v) is 7.14. The number of carbonyl (C=O) groups is 2. The van der Waals surface area contributed by atoms with E-state index < -0.39 is 0 Å². The van der Waals surface area contributed by atoms with Gasteiger partial charge < -0.3 is 20.9 Å². The zero-order chi connectivity index (χ0) is 33.1. The van der Waals surface area contributed by atoms with Crippen LogP contribution in [-0.2, 0) is 18.4 Å². The van der Waals surface area contributed by atoms with E-state index in [0.29, 0.717) is 42.7 Å². The quantitative estimate of drug-likeness (QED) is 0.256. The summed E-state index contributed by atoms with van der Waals surface area (Å²) in [7, 11) is 1.88. The summed E-state index contributed by atoms with van der Waals surface area (Å²) in [6.07, 6.45) is 12.4. The fraction of sp³-hybridized carbons (Fsp3) is 0.400. The van der Waals surface area contributed by atoms with Crippen LogP contribution in [0.3, 0.4) is 0 Å². The van der Waals surface area contributed by atoms with Crippen LogP contribution in [0.1, 0.15) is 56.1 Å². The summed E-state index contributed by atoms with van der Waals surface area (Å²) >= 11 is 0. The number of pyridine rings is 1. The van der Waals surface area contributed by atoms with E-state index in [9.17, 15) is 14.9 Å². The first-order valence-corrected chi connectivity index (χ1v) is 16.5. The van der Waals surface area contributed by atoms with E-state index in [1.807, 2.05) is 55.7 Å². The Labute approximate surface area is 279 Å². The lowest BCUT2D eigenvalue weighted by molar-refractivity contribution is -0.119. The SMILES string of the molecule is Cn1cc(-c2ccc(N(C(=O)NCc3ccccc3)[C@H]3CC[C@H](Nc4ncc(C#N)c(N5CCC6(CCC(=O)N6)C5)n4)CC3)nc2)cn1. The van der Waals surface area contributed by atoms with Crippen molar-refractivity contribution < 1.29 is 9.59 Å². The van der Waals surface area contributed by atoms with Crippen LogP contribution >= 0.6 is 0 Å². The Kier molecular flexibility index (Phi) is 8.63. The highest BCUT2D eigenvalue weighted by Gasteiger charge is 2.44. The van der Waals surface area contributed by atoms with E-state index in [1.54, 1.807) is 28.2 Å². The summed E-state index contributed by atoms with van der Waals surface area (Å²) in [5.41, 5.74) is 3.10. The fourth-order valence-electron chi connectivity index (χ4n) is 7.14. The van der Waals surface area contributed by atoms with Crippen LogP contribution in [0.15, 0.2) is 67.3 Å². The van der Waals surface area contributed by atoms with Crippen LogP contribution in [0.5, 0.6) is 0 Å². The van der Waals surface area contributed by atoms with Crippen molar-refractivity contribution in [2.45, 2.75) is 69.1 Å². The average molecular weight is 646 g/mol. The second-order valence-corrected chi connectivity index (χ2v) is 13.0. The van der Waals surface area contributed by atoms with Crippen molar-refractivity contribution in [1.29, 1.82) is 5.26 Å². The molecule has 1 spiro atoms. The van der Waals surface area contributed by atoms with Crippen LogP contribution in [0.4, 0.5) is 22.4 Å². The zero-order valence-electron chi connectivity index (χ0n) is 27.0. The van der Waals surface area contributed by atoms with Gasteiger partial charge in [0, 0.05) is 68.7 Å². The largest absolute Gasteiger partial charge is 0.353 e. The standard InChI is InChI=1S/C35H39N11O2/c1-44-22-27(21-40-44)25-7-12-30(37-19-25)46(34(48)39-18-24-5-3-2-4-6-24)29-10-8-28(9-11-29)41-33-38-20-26(17-36)32(42-33)45-16-15-35(23-45)14-13-31(47)43-35/h2-7,12,19-22,28-29H,8-11,13-16,18,23H2,1H3,(H,39,48)(H,43,47)(H,38,41,42)/t28-,29-,35?. The van der Waals surface area contributed by atoms with Crippen molar-refractivity contribution >= 4 is 29.5 Å². The summed E-state index contributed by atoms with van der Waals surface area (Å²) in [6, 6.07) is 15.9. The third-order valence-corrected chi connectivity index (χ3v) is 9.71. The third-order valence-electron chi connectivity index (χ3n) is 9.71. The second kappa shape index (κ2) is 13.3. The van der Waals surface area contributed by atoms with Crippen molar-refractivity contribution in [3.8, 4) is 17.2 Å². The maximum atomic E-state index is 13.8. The lowest BCUT2D eigenvalue weighted by atomic mass is 9.90. The molecule has 7 rings (SSSR count). The Morgan fingerprint density at radius 3 is 2.58 bits per heavy atom. The van der Waals surface area contributed by atoms with Crippen LogP contribution in [0.25, 0.3) is 11.1 Å². The molecule has 48 heavy (non-hydrogen) atoms. The molecule has 1 aliphatic carbocycles. The molecule has 2 aliphatic heterocycles. The molecule has 0 radical (unpaired) electrons. The number of hydrogen-bond donors (Lipinski definition) is 3. The highest BCUT2D eigenvalue weighted by Crippen LogP contribution is 2.35. The van der Waals surface area contributed by atoms with E-state index in [1.165, 1.54) is 0 Å². The molecule has 13 nitrogen and oxygen atoms in total. The van der Waals surface area contributed by atoms with Gasteiger partial charge in [-0.25, -0.2) is 14.8 Å². The number of rotatable bonds is 8. The highest BCUT2D eigenvalue weighted by molar-refractivity contribution is 5.91. The molecule has 1 atom stereocenters. The highest BCUT2D eigenvalue weighted by atomic mass is 16.2. The molecular weight excluding hydrogens is 606 g/mol. The predicted octanol–water partition coefficient (Wildman–Crippen LogP) is 4.14. The topological polar surface area (TPSA) is 157 Å². The van der Waals surface area contributed by atoms with Crippen molar-refractivity contribution in [3.63, 3.8) is 0 Å². The predicted molar refractivity (Wildman–Crippen MR) is 181 cm³/mol. The van der Waals surface area contributed by atoms with Gasteiger partial charge in [-0.05, 0) is 56.2 Å².